The molecule has 0 aliphatic rings. The van der Waals surface area contributed by atoms with Crippen molar-refractivity contribution in [1.29, 1.82) is 0 Å². The highest BCUT2D eigenvalue weighted by atomic mass is 35.5. The van der Waals surface area contributed by atoms with Gasteiger partial charge in [-0.3, -0.25) is 4.79 Å². The van der Waals surface area contributed by atoms with Crippen LogP contribution in [0, 0.1) is 0 Å². The van der Waals surface area contributed by atoms with Gasteiger partial charge >= 0.3 is 0 Å². The number of hydrogen-bond donors (Lipinski definition) is 1. The van der Waals surface area contributed by atoms with Gasteiger partial charge in [-0.15, -0.1) is 0 Å². The maximum atomic E-state index is 12.0. The highest BCUT2D eigenvalue weighted by molar-refractivity contribution is 6.30. The highest BCUT2D eigenvalue weighted by Crippen LogP contribution is 2.17. The van der Waals surface area contributed by atoms with Gasteiger partial charge < -0.3 is 14.8 Å². The average molecular weight is 334 g/mol. The summed E-state index contributed by atoms with van der Waals surface area (Å²) in [6, 6.07) is 14.4. The van der Waals surface area contributed by atoms with Crippen LogP contribution in [0.2, 0.25) is 5.02 Å². The Morgan fingerprint density at radius 3 is 2.26 bits per heavy atom. The molecular weight excluding hydrogens is 314 g/mol. The van der Waals surface area contributed by atoms with E-state index in [2.05, 4.69) is 5.32 Å². The Balaban J connectivity index is 1.83. The van der Waals surface area contributed by atoms with Crippen LogP contribution in [0.15, 0.2) is 48.5 Å². The van der Waals surface area contributed by atoms with Crippen LogP contribution in [0.5, 0.6) is 11.5 Å². The molecule has 0 aliphatic carbocycles. The number of amides is 1. The quantitative estimate of drug-likeness (QED) is 0.781. The lowest BCUT2D eigenvalue weighted by Crippen LogP contribution is -2.30. The van der Waals surface area contributed by atoms with Crippen molar-refractivity contribution in [2.24, 2.45) is 0 Å². The predicted molar refractivity (Wildman–Crippen MR) is 91.5 cm³/mol. The second-order valence-corrected chi connectivity index (χ2v) is 5.75. The van der Waals surface area contributed by atoms with Crippen LogP contribution in [0.1, 0.15) is 24.2 Å². The number of halogens is 1. The van der Waals surface area contributed by atoms with E-state index in [0.717, 1.165) is 0 Å². The van der Waals surface area contributed by atoms with E-state index in [9.17, 15) is 4.79 Å². The van der Waals surface area contributed by atoms with E-state index >= 15 is 0 Å². The van der Waals surface area contributed by atoms with E-state index in [1.54, 1.807) is 30.3 Å². The second kappa shape index (κ2) is 8.44. The third-order valence-electron chi connectivity index (χ3n) is 2.93. The van der Waals surface area contributed by atoms with Crippen molar-refractivity contribution < 1.29 is 14.3 Å². The molecule has 2 rings (SSSR count). The van der Waals surface area contributed by atoms with Crippen LogP contribution >= 0.6 is 11.6 Å². The molecule has 4 nitrogen and oxygen atoms in total. The monoisotopic (exact) mass is 333 g/mol. The van der Waals surface area contributed by atoms with Crippen LogP contribution < -0.4 is 14.8 Å². The maximum absolute atomic E-state index is 12.0. The zero-order valence-electron chi connectivity index (χ0n) is 13.2. The second-order valence-electron chi connectivity index (χ2n) is 5.31. The van der Waals surface area contributed by atoms with Crippen molar-refractivity contribution in [3.63, 3.8) is 0 Å². The van der Waals surface area contributed by atoms with E-state index in [-0.39, 0.29) is 11.9 Å². The molecule has 0 unspecified atom stereocenters. The zero-order valence-corrected chi connectivity index (χ0v) is 14.0. The molecule has 0 saturated carbocycles. The molecule has 0 bridgehead atoms. The van der Waals surface area contributed by atoms with E-state index < -0.39 is 0 Å². The molecule has 2 aromatic rings. The lowest BCUT2D eigenvalue weighted by molar-refractivity contribution is 0.0942. The molecule has 23 heavy (non-hydrogen) atoms. The first-order valence-corrected chi connectivity index (χ1v) is 7.84. The fourth-order valence-corrected chi connectivity index (χ4v) is 2.13. The summed E-state index contributed by atoms with van der Waals surface area (Å²) in [5.41, 5.74) is 0.576. The molecule has 5 heteroatoms. The van der Waals surface area contributed by atoms with Gasteiger partial charge in [-0.2, -0.15) is 0 Å². The van der Waals surface area contributed by atoms with Crippen molar-refractivity contribution >= 4 is 17.5 Å². The van der Waals surface area contributed by atoms with E-state index in [0.29, 0.717) is 35.3 Å². The summed E-state index contributed by atoms with van der Waals surface area (Å²) in [5, 5.41) is 3.48. The van der Waals surface area contributed by atoms with Gasteiger partial charge in [-0.25, -0.2) is 0 Å². The summed E-state index contributed by atoms with van der Waals surface area (Å²) in [5.74, 6) is 1.22. The summed E-state index contributed by atoms with van der Waals surface area (Å²) in [6.45, 7) is 4.61. The molecule has 0 aliphatic heterocycles. The third kappa shape index (κ3) is 5.83. The number of ether oxygens (including phenoxy) is 2. The molecule has 122 valence electrons. The minimum atomic E-state index is -0.111. The highest BCUT2D eigenvalue weighted by Gasteiger charge is 2.07. The number of rotatable bonds is 7. The van der Waals surface area contributed by atoms with E-state index in [1.165, 1.54) is 0 Å². The predicted octanol–water partition coefficient (Wildman–Crippen LogP) is 3.94. The van der Waals surface area contributed by atoms with Crippen LogP contribution in [0.4, 0.5) is 0 Å². The van der Waals surface area contributed by atoms with Crippen molar-refractivity contribution in [2.45, 2.75) is 19.9 Å². The first-order valence-electron chi connectivity index (χ1n) is 7.46. The Kier molecular flexibility index (Phi) is 6.29. The van der Waals surface area contributed by atoms with Gasteiger partial charge in [0.1, 0.15) is 24.7 Å². The Morgan fingerprint density at radius 1 is 1.04 bits per heavy atom. The molecule has 0 saturated heterocycles. The SMILES string of the molecule is CC(C)NC(=O)c1cccc(OCCOc2cccc(Cl)c2)c1. The molecule has 1 N–H and O–H groups in total. The first kappa shape index (κ1) is 17.2. The summed E-state index contributed by atoms with van der Waals surface area (Å²) in [7, 11) is 0. The summed E-state index contributed by atoms with van der Waals surface area (Å²) in [4.78, 5) is 12.0. The largest absolute Gasteiger partial charge is 0.490 e. The van der Waals surface area contributed by atoms with Gasteiger partial charge in [0.25, 0.3) is 5.91 Å². The van der Waals surface area contributed by atoms with Crippen molar-refractivity contribution in [3.8, 4) is 11.5 Å². The topological polar surface area (TPSA) is 47.6 Å². The van der Waals surface area contributed by atoms with Gasteiger partial charge in [-0.05, 0) is 50.2 Å². The van der Waals surface area contributed by atoms with Crippen molar-refractivity contribution in [2.75, 3.05) is 13.2 Å². The molecule has 1 amide bonds. The molecular formula is C18H20ClNO3. The van der Waals surface area contributed by atoms with E-state index in [4.69, 9.17) is 21.1 Å². The van der Waals surface area contributed by atoms with Crippen LogP contribution in [0.25, 0.3) is 0 Å². The lowest BCUT2D eigenvalue weighted by atomic mass is 10.2. The fraction of sp³-hybridized carbons (Fsp3) is 0.278. The van der Waals surface area contributed by atoms with Gasteiger partial charge in [0.15, 0.2) is 0 Å². The summed E-state index contributed by atoms with van der Waals surface area (Å²) >= 11 is 5.89. The number of benzene rings is 2. The molecule has 0 spiro atoms. The summed E-state index contributed by atoms with van der Waals surface area (Å²) in [6.07, 6.45) is 0. The molecule has 0 radical (unpaired) electrons. The van der Waals surface area contributed by atoms with Crippen LogP contribution in [-0.4, -0.2) is 25.2 Å². The lowest BCUT2D eigenvalue weighted by Gasteiger charge is -2.11. The molecule has 0 aromatic heterocycles. The van der Waals surface area contributed by atoms with Gasteiger partial charge in [-0.1, -0.05) is 23.7 Å². The Hall–Kier alpha value is -2.20. The standard InChI is InChI=1S/C18H20ClNO3/c1-13(2)20-18(21)14-5-3-7-16(11-14)22-9-10-23-17-8-4-6-15(19)12-17/h3-8,11-13H,9-10H2,1-2H3,(H,20,21). The van der Waals surface area contributed by atoms with Gasteiger partial charge in [0.2, 0.25) is 0 Å². The number of carbonyl (C=O) groups is 1. The Bertz CT molecular complexity index is 658. The normalized spacial score (nSPS) is 10.4. The maximum Gasteiger partial charge on any atom is 0.251 e. The molecule has 2 aromatic carbocycles. The smallest absolute Gasteiger partial charge is 0.251 e. The number of carbonyl (C=O) groups excluding carboxylic acids is 1. The van der Waals surface area contributed by atoms with Gasteiger partial charge in [0.05, 0.1) is 0 Å². The van der Waals surface area contributed by atoms with Crippen molar-refractivity contribution in [1.82, 2.24) is 5.32 Å². The van der Waals surface area contributed by atoms with Crippen LogP contribution in [-0.2, 0) is 0 Å². The molecule has 0 heterocycles. The van der Waals surface area contributed by atoms with Gasteiger partial charge in [0, 0.05) is 16.6 Å². The zero-order chi connectivity index (χ0) is 16.7. The minimum Gasteiger partial charge on any atom is -0.490 e. The average Bonchev–Trinajstić information content (AvgIpc) is 2.51. The molecule has 0 fully saturated rings. The fourth-order valence-electron chi connectivity index (χ4n) is 1.95. The number of hydrogen-bond acceptors (Lipinski definition) is 3. The van der Waals surface area contributed by atoms with E-state index in [1.807, 2.05) is 32.0 Å². The summed E-state index contributed by atoms with van der Waals surface area (Å²) < 4.78 is 11.2. The third-order valence-corrected chi connectivity index (χ3v) is 3.17. The Morgan fingerprint density at radius 2 is 1.65 bits per heavy atom. The first-order chi connectivity index (χ1) is 11.0. The number of nitrogens with one attached hydrogen (secondary N) is 1. The van der Waals surface area contributed by atoms with Crippen LogP contribution in [0.3, 0.4) is 0 Å². The van der Waals surface area contributed by atoms with Crippen molar-refractivity contribution in [3.05, 3.63) is 59.1 Å². The molecule has 0 atom stereocenters. The minimum absolute atomic E-state index is 0.0955. The Labute approximate surface area is 141 Å².